The Labute approximate surface area is 132 Å². The molecular weight excluding hydrogens is 320 g/mol. The summed E-state index contributed by atoms with van der Waals surface area (Å²) in [4.78, 5) is 22.1. The Morgan fingerprint density at radius 3 is 2.52 bits per heavy atom. The number of unbranched alkanes of at least 4 members (excludes halogenated alkanes) is 1. The molecule has 4 nitrogen and oxygen atoms in total. The fourth-order valence-electron chi connectivity index (χ4n) is 1.89. The number of carboxylic acids is 1. The number of carbonyl (C=O) groups is 2. The van der Waals surface area contributed by atoms with Crippen molar-refractivity contribution >= 4 is 35.1 Å². The molecule has 0 aromatic heterocycles. The van der Waals surface area contributed by atoms with E-state index in [1.165, 1.54) is 6.07 Å². The average molecular weight is 336 g/mol. The zero-order valence-corrected chi connectivity index (χ0v) is 13.0. The molecule has 1 aromatic carbocycles. The normalized spacial score (nSPS) is 12.0. The molecule has 1 unspecified atom stereocenters. The molecule has 1 atom stereocenters. The highest BCUT2D eigenvalue weighted by atomic mass is 35.5. The molecule has 0 spiro atoms. The number of amides is 1. The maximum atomic E-state index is 13.4. The van der Waals surface area contributed by atoms with Gasteiger partial charge in [-0.05, 0) is 31.9 Å². The van der Waals surface area contributed by atoms with Crippen LogP contribution in [-0.2, 0) is 9.59 Å². The predicted molar refractivity (Wildman–Crippen MR) is 79.1 cm³/mol. The number of hydrogen-bond donors (Lipinski definition) is 2. The summed E-state index contributed by atoms with van der Waals surface area (Å²) >= 11 is 11.8. The molecule has 0 aliphatic heterocycles. The Kier molecular flexibility index (Phi) is 6.92. The van der Waals surface area contributed by atoms with Crippen LogP contribution in [0.5, 0.6) is 0 Å². The van der Waals surface area contributed by atoms with Crippen LogP contribution in [0.2, 0.25) is 10.0 Å². The topological polar surface area (TPSA) is 66.4 Å². The van der Waals surface area contributed by atoms with Crippen molar-refractivity contribution in [3.63, 3.8) is 0 Å². The van der Waals surface area contributed by atoms with Gasteiger partial charge in [-0.1, -0.05) is 23.2 Å². The summed E-state index contributed by atoms with van der Waals surface area (Å²) in [5.41, 5.74) is 0.331. The molecule has 7 heteroatoms. The molecule has 1 aromatic rings. The van der Waals surface area contributed by atoms with Gasteiger partial charge in [0.25, 0.3) is 0 Å². The van der Waals surface area contributed by atoms with Crippen LogP contribution >= 0.6 is 23.2 Å². The quantitative estimate of drug-likeness (QED) is 0.585. The van der Waals surface area contributed by atoms with Crippen LogP contribution in [0.25, 0.3) is 0 Å². The minimum atomic E-state index is -0.887. The maximum absolute atomic E-state index is 13.4. The molecule has 21 heavy (non-hydrogen) atoms. The van der Waals surface area contributed by atoms with Crippen molar-refractivity contribution in [2.24, 2.45) is 0 Å². The lowest BCUT2D eigenvalue weighted by Crippen LogP contribution is -2.27. The van der Waals surface area contributed by atoms with Crippen molar-refractivity contribution in [1.29, 1.82) is 0 Å². The third-order valence-corrected chi connectivity index (χ3v) is 3.65. The molecule has 1 amide bonds. The van der Waals surface area contributed by atoms with E-state index in [2.05, 4.69) is 5.32 Å². The van der Waals surface area contributed by atoms with Gasteiger partial charge in [0.05, 0.1) is 11.1 Å². The molecular formula is C14H16Cl2FNO3. The first-order valence-electron chi connectivity index (χ1n) is 6.47. The number of benzene rings is 1. The summed E-state index contributed by atoms with van der Waals surface area (Å²) in [6, 6.07) is 2.01. The van der Waals surface area contributed by atoms with Gasteiger partial charge in [-0.2, -0.15) is 0 Å². The van der Waals surface area contributed by atoms with Gasteiger partial charge in [-0.3, -0.25) is 9.59 Å². The van der Waals surface area contributed by atoms with Crippen molar-refractivity contribution in [3.8, 4) is 0 Å². The standard InChI is InChI=1S/C14H16Cl2FNO3/c1-8(13-9(15)6-7-10(17)14(13)16)18-11(19)4-2-3-5-12(20)21/h6-8H,2-5H2,1H3,(H,18,19)(H,20,21). The number of nitrogens with one attached hydrogen (secondary N) is 1. The molecule has 0 aliphatic rings. The van der Waals surface area contributed by atoms with E-state index < -0.39 is 17.8 Å². The highest BCUT2D eigenvalue weighted by Crippen LogP contribution is 2.32. The smallest absolute Gasteiger partial charge is 0.303 e. The van der Waals surface area contributed by atoms with Crippen molar-refractivity contribution in [2.75, 3.05) is 0 Å². The van der Waals surface area contributed by atoms with E-state index in [-0.39, 0.29) is 28.8 Å². The minimum Gasteiger partial charge on any atom is -0.481 e. The summed E-state index contributed by atoms with van der Waals surface area (Å²) in [6.07, 6.45) is 1.13. The molecule has 0 heterocycles. The van der Waals surface area contributed by atoms with Gasteiger partial charge in [0.2, 0.25) is 5.91 Å². The number of carbonyl (C=O) groups excluding carboxylic acids is 1. The summed E-state index contributed by atoms with van der Waals surface area (Å²) in [6.45, 7) is 1.65. The lowest BCUT2D eigenvalue weighted by Gasteiger charge is -2.17. The number of rotatable bonds is 7. The monoisotopic (exact) mass is 335 g/mol. The fraction of sp³-hybridized carbons (Fsp3) is 0.429. The van der Waals surface area contributed by atoms with E-state index in [0.29, 0.717) is 18.4 Å². The Morgan fingerprint density at radius 2 is 1.90 bits per heavy atom. The largest absolute Gasteiger partial charge is 0.481 e. The zero-order valence-electron chi connectivity index (χ0n) is 11.5. The first kappa shape index (κ1) is 17.7. The van der Waals surface area contributed by atoms with Crippen LogP contribution in [0.3, 0.4) is 0 Å². The van der Waals surface area contributed by atoms with Crippen LogP contribution < -0.4 is 5.32 Å². The molecule has 2 N–H and O–H groups in total. The van der Waals surface area contributed by atoms with Crippen LogP contribution in [0.15, 0.2) is 12.1 Å². The number of aliphatic carboxylic acids is 1. The minimum absolute atomic E-state index is 0.0321. The second-order valence-corrected chi connectivity index (χ2v) is 5.43. The average Bonchev–Trinajstić information content (AvgIpc) is 2.39. The molecule has 0 radical (unpaired) electrons. The van der Waals surface area contributed by atoms with Crippen molar-refractivity contribution in [1.82, 2.24) is 5.32 Å². The predicted octanol–water partition coefficient (Wildman–Crippen LogP) is 3.95. The van der Waals surface area contributed by atoms with Gasteiger partial charge in [-0.15, -0.1) is 0 Å². The van der Waals surface area contributed by atoms with E-state index in [9.17, 15) is 14.0 Å². The zero-order chi connectivity index (χ0) is 16.0. The van der Waals surface area contributed by atoms with Gasteiger partial charge in [-0.25, -0.2) is 4.39 Å². The molecule has 0 aliphatic carbocycles. The van der Waals surface area contributed by atoms with Gasteiger partial charge < -0.3 is 10.4 Å². The van der Waals surface area contributed by atoms with Gasteiger partial charge in [0.1, 0.15) is 5.82 Å². The van der Waals surface area contributed by atoms with Gasteiger partial charge >= 0.3 is 5.97 Å². The maximum Gasteiger partial charge on any atom is 0.303 e. The highest BCUT2D eigenvalue weighted by molar-refractivity contribution is 6.36. The van der Waals surface area contributed by atoms with Gasteiger partial charge in [0.15, 0.2) is 0 Å². The molecule has 0 fully saturated rings. The highest BCUT2D eigenvalue weighted by Gasteiger charge is 2.18. The Bertz CT molecular complexity index is 537. The van der Waals surface area contributed by atoms with Crippen LogP contribution in [0, 0.1) is 5.82 Å². The van der Waals surface area contributed by atoms with E-state index >= 15 is 0 Å². The third-order valence-electron chi connectivity index (χ3n) is 2.93. The molecule has 0 saturated carbocycles. The van der Waals surface area contributed by atoms with Crippen molar-refractivity contribution in [3.05, 3.63) is 33.6 Å². The summed E-state index contributed by atoms with van der Waals surface area (Å²) in [5, 5.41) is 11.3. The third kappa shape index (κ3) is 5.52. The van der Waals surface area contributed by atoms with E-state index in [1.54, 1.807) is 6.92 Å². The molecule has 0 bridgehead atoms. The summed E-state index contributed by atoms with van der Waals surface area (Å²) < 4.78 is 13.4. The van der Waals surface area contributed by atoms with Crippen LogP contribution in [0.1, 0.15) is 44.2 Å². The second kappa shape index (κ2) is 8.20. The molecule has 116 valence electrons. The van der Waals surface area contributed by atoms with Crippen LogP contribution in [0.4, 0.5) is 4.39 Å². The van der Waals surface area contributed by atoms with Gasteiger partial charge in [0, 0.05) is 23.4 Å². The lowest BCUT2D eigenvalue weighted by molar-refractivity contribution is -0.137. The van der Waals surface area contributed by atoms with Crippen LogP contribution in [-0.4, -0.2) is 17.0 Å². The van der Waals surface area contributed by atoms with Crippen molar-refractivity contribution in [2.45, 2.75) is 38.6 Å². The second-order valence-electron chi connectivity index (χ2n) is 4.65. The fourth-order valence-corrected chi connectivity index (χ4v) is 2.59. The Morgan fingerprint density at radius 1 is 1.29 bits per heavy atom. The first-order valence-corrected chi connectivity index (χ1v) is 7.23. The number of carboxylic acid groups (broad SMARTS) is 1. The SMILES string of the molecule is CC(NC(=O)CCCCC(=O)O)c1c(Cl)ccc(F)c1Cl. The van der Waals surface area contributed by atoms with E-state index in [0.717, 1.165) is 6.07 Å². The summed E-state index contributed by atoms with van der Waals surface area (Å²) in [5.74, 6) is -1.75. The van der Waals surface area contributed by atoms with E-state index in [4.69, 9.17) is 28.3 Å². The summed E-state index contributed by atoms with van der Waals surface area (Å²) in [7, 11) is 0. The number of halogens is 3. The number of hydrogen-bond acceptors (Lipinski definition) is 2. The Hall–Kier alpha value is -1.33. The molecule has 0 saturated heterocycles. The van der Waals surface area contributed by atoms with E-state index in [1.807, 2.05) is 0 Å². The lowest BCUT2D eigenvalue weighted by atomic mass is 10.1. The van der Waals surface area contributed by atoms with Crippen molar-refractivity contribution < 1.29 is 19.1 Å². The molecule has 1 rings (SSSR count). The Balaban J connectivity index is 2.57. The first-order chi connectivity index (χ1) is 9.82.